The minimum absolute atomic E-state index is 0.0658. The molecule has 2 bridgehead atoms. The Balaban J connectivity index is 1.94. The Kier molecular flexibility index (Phi) is 1.87. The number of hydrogen-bond donors (Lipinski definition) is 0. The first-order valence-electron chi connectivity index (χ1n) is 6.19. The van der Waals surface area contributed by atoms with Gasteiger partial charge in [-0.15, -0.1) is 0 Å². The molecule has 2 nitrogen and oxygen atoms in total. The molecule has 3 aliphatic rings. The van der Waals surface area contributed by atoms with Gasteiger partial charge in [0, 0.05) is 13.5 Å². The van der Waals surface area contributed by atoms with Gasteiger partial charge in [0.2, 0.25) is 0 Å². The summed E-state index contributed by atoms with van der Waals surface area (Å²) in [6.07, 6.45) is 4.37. The Bertz CT molecular complexity index is 286. The van der Waals surface area contributed by atoms with Gasteiger partial charge in [0.15, 0.2) is 6.29 Å². The predicted molar refractivity (Wildman–Crippen MR) is 58.4 cm³/mol. The average molecular weight is 210 g/mol. The van der Waals surface area contributed by atoms with Gasteiger partial charge in [-0.1, -0.05) is 20.8 Å². The van der Waals surface area contributed by atoms with Crippen LogP contribution in [0, 0.1) is 22.7 Å². The molecule has 15 heavy (non-hydrogen) atoms. The summed E-state index contributed by atoms with van der Waals surface area (Å²) in [4.78, 5) is 0. The van der Waals surface area contributed by atoms with Gasteiger partial charge in [0.05, 0.1) is 6.10 Å². The van der Waals surface area contributed by atoms with Crippen LogP contribution >= 0.6 is 0 Å². The van der Waals surface area contributed by atoms with Crippen LogP contribution in [-0.2, 0) is 9.47 Å². The Hall–Kier alpha value is -0.0800. The molecule has 0 aromatic rings. The minimum atomic E-state index is 0.0658. The van der Waals surface area contributed by atoms with Gasteiger partial charge in [0.25, 0.3) is 0 Å². The van der Waals surface area contributed by atoms with Crippen molar-refractivity contribution in [3.63, 3.8) is 0 Å². The van der Waals surface area contributed by atoms with Gasteiger partial charge in [-0.05, 0) is 35.5 Å². The van der Waals surface area contributed by atoms with Crippen molar-refractivity contribution in [3.8, 4) is 0 Å². The summed E-state index contributed by atoms with van der Waals surface area (Å²) in [5.74, 6) is 1.61. The van der Waals surface area contributed by atoms with E-state index in [-0.39, 0.29) is 6.29 Å². The lowest BCUT2D eigenvalue weighted by Gasteiger charge is -2.38. The monoisotopic (exact) mass is 210 g/mol. The van der Waals surface area contributed by atoms with E-state index in [1.54, 1.807) is 7.11 Å². The third-order valence-corrected chi connectivity index (χ3v) is 5.93. The Morgan fingerprint density at radius 2 is 2.00 bits per heavy atom. The van der Waals surface area contributed by atoms with Crippen LogP contribution in [0.3, 0.4) is 0 Å². The third kappa shape index (κ3) is 0.980. The highest BCUT2D eigenvalue weighted by atomic mass is 16.7. The van der Waals surface area contributed by atoms with E-state index in [2.05, 4.69) is 20.8 Å². The summed E-state index contributed by atoms with van der Waals surface area (Å²) >= 11 is 0. The van der Waals surface area contributed by atoms with Crippen LogP contribution in [0.2, 0.25) is 0 Å². The Morgan fingerprint density at radius 3 is 2.60 bits per heavy atom. The maximum absolute atomic E-state index is 6.08. The predicted octanol–water partition coefficient (Wildman–Crippen LogP) is 2.82. The second-order valence-electron chi connectivity index (χ2n) is 6.41. The van der Waals surface area contributed by atoms with Crippen molar-refractivity contribution in [2.24, 2.45) is 22.7 Å². The summed E-state index contributed by atoms with van der Waals surface area (Å²) in [7, 11) is 1.76. The van der Waals surface area contributed by atoms with E-state index in [9.17, 15) is 0 Å². The van der Waals surface area contributed by atoms with E-state index in [1.807, 2.05) is 0 Å². The minimum Gasteiger partial charge on any atom is -0.356 e. The molecule has 0 unspecified atom stereocenters. The highest BCUT2D eigenvalue weighted by Crippen LogP contribution is 2.70. The van der Waals surface area contributed by atoms with Crippen LogP contribution in [0.15, 0.2) is 0 Å². The first-order chi connectivity index (χ1) is 7.00. The summed E-state index contributed by atoms with van der Waals surface area (Å²) < 4.78 is 11.4. The zero-order valence-electron chi connectivity index (χ0n) is 10.2. The summed E-state index contributed by atoms with van der Waals surface area (Å²) in [6.45, 7) is 7.30. The van der Waals surface area contributed by atoms with Crippen LogP contribution in [0.5, 0.6) is 0 Å². The number of fused-ring (bicyclic) bond motifs is 5. The van der Waals surface area contributed by atoms with E-state index >= 15 is 0 Å². The maximum Gasteiger partial charge on any atom is 0.157 e. The second kappa shape index (κ2) is 2.78. The Labute approximate surface area is 92.3 Å². The zero-order valence-corrected chi connectivity index (χ0v) is 10.2. The molecule has 2 heteroatoms. The Morgan fingerprint density at radius 1 is 1.27 bits per heavy atom. The first-order valence-corrected chi connectivity index (χ1v) is 6.19. The van der Waals surface area contributed by atoms with Gasteiger partial charge in [0.1, 0.15) is 0 Å². The van der Waals surface area contributed by atoms with Crippen LogP contribution in [-0.4, -0.2) is 19.5 Å². The highest BCUT2D eigenvalue weighted by Gasteiger charge is 2.68. The smallest absolute Gasteiger partial charge is 0.157 e. The van der Waals surface area contributed by atoms with E-state index in [0.29, 0.717) is 16.9 Å². The quantitative estimate of drug-likeness (QED) is 0.662. The van der Waals surface area contributed by atoms with Gasteiger partial charge in [-0.25, -0.2) is 0 Å². The van der Waals surface area contributed by atoms with Crippen LogP contribution in [0.25, 0.3) is 0 Å². The fourth-order valence-corrected chi connectivity index (χ4v) is 4.64. The maximum atomic E-state index is 6.08. The molecule has 0 radical (unpaired) electrons. The van der Waals surface area contributed by atoms with Crippen LogP contribution < -0.4 is 0 Å². The van der Waals surface area contributed by atoms with E-state index < -0.39 is 0 Å². The number of methoxy groups -OCH3 is 1. The number of hydrogen-bond acceptors (Lipinski definition) is 2. The SMILES string of the molecule is CO[C@H]1C[C@H]2[C@@H](O1)[C@@]1(C)CC[C@@H]2C1(C)C. The molecule has 0 aromatic carbocycles. The molecule has 3 fully saturated rings. The highest BCUT2D eigenvalue weighted by molar-refractivity contribution is 5.16. The topological polar surface area (TPSA) is 18.5 Å². The lowest BCUT2D eigenvalue weighted by atomic mass is 9.70. The molecular weight excluding hydrogens is 188 g/mol. The summed E-state index contributed by atoms with van der Waals surface area (Å²) in [5, 5.41) is 0. The van der Waals surface area contributed by atoms with Crippen LogP contribution in [0.4, 0.5) is 0 Å². The van der Waals surface area contributed by atoms with Crippen molar-refractivity contribution in [1.82, 2.24) is 0 Å². The fourth-order valence-electron chi connectivity index (χ4n) is 4.64. The molecule has 0 aromatic heterocycles. The molecule has 86 valence electrons. The van der Waals surface area contributed by atoms with Crippen molar-refractivity contribution in [2.45, 2.75) is 52.4 Å². The number of ether oxygens (including phenoxy) is 2. The fraction of sp³-hybridized carbons (Fsp3) is 1.00. The van der Waals surface area contributed by atoms with Crippen molar-refractivity contribution in [1.29, 1.82) is 0 Å². The molecule has 0 amide bonds. The summed E-state index contributed by atoms with van der Waals surface area (Å²) in [5.41, 5.74) is 0.844. The van der Waals surface area contributed by atoms with Crippen molar-refractivity contribution >= 4 is 0 Å². The molecule has 2 aliphatic carbocycles. The molecule has 1 heterocycles. The van der Waals surface area contributed by atoms with Gasteiger partial charge in [-0.2, -0.15) is 0 Å². The van der Waals surface area contributed by atoms with Gasteiger partial charge >= 0.3 is 0 Å². The molecule has 5 atom stereocenters. The molecular formula is C13H22O2. The molecule has 1 saturated heterocycles. The largest absolute Gasteiger partial charge is 0.356 e. The first kappa shape index (κ1) is 10.1. The molecule has 1 aliphatic heterocycles. The van der Waals surface area contributed by atoms with Gasteiger partial charge in [-0.3, -0.25) is 0 Å². The standard InChI is InChI=1S/C13H22O2/c1-12(2)9-5-6-13(12,3)11-8(9)7-10(14-4)15-11/h8-11H,5-7H2,1-4H3/t8-,9+,10-,11-,13-/m1/s1. The van der Waals surface area contributed by atoms with Crippen molar-refractivity contribution in [2.75, 3.05) is 7.11 Å². The molecule has 2 saturated carbocycles. The van der Waals surface area contributed by atoms with Crippen molar-refractivity contribution < 1.29 is 9.47 Å². The van der Waals surface area contributed by atoms with Crippen LogP contribution in [0.1, 0.15) is 40.0 Å². The molecule has 0 spiro atoms. The lowest BCUT2D eigenvalue weighted by Crippen LogP contribution is -2.37. The second-order valence-corrected chi connectivity index (χ2v) is 6.41. The lowest BCUT2D eigenvalue weighted by molar-refractivity contribution is -0.150. The molecule has 0 N–H and O–H groups in total. The normalized spacial score (nSPS) is 56.0. The van der Waals surface area contributed by atoms with E-state index in [4.69, 9.17) is 9.47 Å². The van der Waals surface area contributed by atoms with E-state index in [1.165, 1.54) is 12.8 Å². The van der Waals surface area contributed by atoms with Crippen molar-refractivity contribution in [3.05, 3.63) is 0 Å². The summed E-state index contributed by atoms with van der Waals surface area (Å²) in [6, 6.07) is 0. The van der Waals surface area contributed by atoms with E-state index in [0.717, 1.165) is 18.3 Å². The number of rotatable bonds is 1. The molecule has 3 rings (SSSR count). The average Bonchev–Trinajstić information content (AvgIpc) is 2.74. The zero-order chi connectivity index (χ0) is 10.8. The van der Waals surface area contributed by atoms with Gasteiger partial charge < -0.3 is 9.47 Å². The third-order valence-electron chi connectivity index (χ3n) is 5.93.